The largest absolute Gasteiger partial charge is 0.481 e. The van der Waals surface area contributed by atoms with Gasteiger partial charge in [0, 0.05) is 31.7 Å². The van der Waals surface area contributed by atoms with Gasteiger partial charge in [0.25, 0.3) is 5.91 Å². The quantitative estimate of drug-likeness (QED) is 0.920. The van der Waals surface area contributed by atoms with Gasteiger partial charge in [0.2, 0.25) is 0 Å². The molecular formula is C18H24N4O3. The summed E-state index contributed by atoms with van der Waals surface area (Å²) in [6.07, 6.45) is 3.43. The fourth-order valence-electron chi connectivity index (χ4n) is 3.75. The summed E-state index contributed by atoms with van der Waals surface area (Å²) in [5.74, 6) is -0.857. The molecule has 0 saturated carbocycles. The van der Waals surface area contributed by atoms with E-state index in [0.29, 0.717) is 24.2 Å². The molecule has 134 valence electrons. The number of carbonyl (C=O) groups excluding carboxylic acids is 1. The molecule has 0 spiro atoms. The zero-order valence-electron chi connectivity index (χ0n) is 14.9. The van der Waals surface area contributed by atoms with Gasteiger partial charge in [0.15, 0.2) is 5.65 Å². The minimum absolute atomic E-state index is 0.0159. The molecule has 1 aliphatic rings. The van der Waals surface area contributed by atoms with Gasteiger partial charge >= 0.3 is 5.97 Å². The predicted octanol–water partition coefficient (Wildman–Crippen LogP) is 2.44. The van der Waals surface area contributed by atoms with E-state index in [1.54, 1.807) is 4.68 Å². The molecule has 1 fully saturated rings. The number of piperidine rings is 1. The van der Waals surface area contributed by atoms with Crippen LogP contribution in [0.25, 0.3) is 11.0 Å². The van der Waals surface area contributed by atoms with E-state index in [2.05, 4.69) is 10.1 Å². The summed E-state index contributed by atoms with van der Waals surface area (Å²) in [6.45, 7) is 4.43. The van der Waals surface area contributed by atoms with Crippen LogP contribution in [0.15, 0.2) is 6.07 Å². The van der Waals surface area contributed by atoms with Crippen LogP contribution in [0, 0.1) is 13.8 Å². The van der Waals surface area contributed by atoms with Gasteiger partial charge in [-0.1, -0.05) is 0 Å². The zero-order chi connectivity index (χ0) is 18.1. The molecule has 0 bridgehead atoms. The number of pyridine rings is 1. The van der Waals surface area contributed by atoms with Gasteiger partial charge in [0.1, 0.15) is 0 Å². The molecule has 3 heterocycles. The Balaban J connectivity index is 1.98. The van der Waals surface area contributed by atoms with Crippen molar-refractivity contribution in [3.05, 3.63) is 23.0 Å². The highest BCUT2D eigenvalue weighted by molar-refractivity contribution is 6.06. The lowest BCUT2D eigenvalue weighted by molar-refractivity contribution is -0.137. The second-order valence-corrected chi connectivity index (χ2v) is 6.80. The molecule has 1 N–H and O–H groups in total. The zero-order valence-corrected chi connectivity index (χ0v) is 14.9. The molecule has 1 atom stereocenters. The second-order valence-electron chi connectivity index (χ2n) is 6.80. The summed E-state index contributed by atoms with van der Waals surface area (Å²) in [4.78, 5) is 30.6. The van der Waals surface area contributed by atoms with Gasteiger partial charge in [-0.25, -0.2) is 4.98 Å². The minimum atomic E-state index is -0.816. The molecule has 25 heavy (non-hydrogen) atoms. The van der Waals surface area contributed by atoms with Crippen LogP contribution in [0.2, 0.25) is 0 Å². The molecule has 7 nitrogen and oxygen atoms in total. The van der Waals surface area contributed by atoms with Crippen LogP contribution in [-0.4, -0.2) is 49.2 Å². The maximum absolute atomic E-state index is 13.3. The molecule has 1 aliphatic heterocycles. The number of carbonyl (C=O) groups is 2. The van der Waals surface area contributed by atoms with Crippen molar-refractivity contribution >= 4 is 22.9 Å². The van der Waals surface area contributed by atoms with Crippen LogP contribution in [-0.2, 0) is 11.8 Å². The maximum atomic E-state index is 13.3. The number of carboxylic acids is 1. The van der Waals surface area contributed by atoms with Gasteiger partial charge in [0.05, 0.1) is 16.6 Å². The van der Waals surface area contributed by atoms with Crippen molar-refractivity contribution in [2.45, 2.75) is 52.0 Å². The first-order chi connectivity index (χ1) is 11.9. The average Bonchev–Trinajstić information content (AvgIpc) is 2.86. The van der Waals surface area contributed by atoms with E-state index in [1.807, 2.05) is 31.9 Å². The number of likely N-dealkylation sites (tertiary alicyclic amines) is 1. The van der Waals surface area contributed by atoms with E-state index in [-0.39, 0.29) is 18.4 Å². The number of aromatic nitrogens is 3. The van der Waals surface area contributed by atoms with Crippen molar-refractivity contribution in [2.24, 2.45) is 7.05 Å². The maximum Gasteiger partial charge on any atom is 0.303 e. The smallest absolute Gasteiger partial charge is 0.303 e. The molecule has 3 rings (SSSR count). The van der Waals surface area contributed by atoms with E-state index >= 15 is 0 Å². The number of amides is 1. The Morgan fingerprint density at radius 3 is 2.80 bits per heavy atom. The average molecular weight is 344 g/mol. The first-order valence-corrected chi connectivity index (χ1v) is 8.72. The molecule has 2 aromatic heterocycles. The summed E-state index contributed by atoms with van der Waals surface area (Å²) in [6, 6.07) is 1.81. The second kappa shape index (κ2) is 6.82. The molecule has 0 aromatic carbocycles. The number of aliphatic carboxylic acids is 1. The molecule has 1 saturated heterocycles. The number of aryl methyl sites for hydroxylation is 3. The van der Waals surface area contributed by atoms with E-state index < -0.39 is 5.97 Å². The summed E-state index contributed by atoms with van der Waals surface area (Å²) in [5, 5.41) is 14.2. The van der Waals surface area contributed by atoms with Gasteiger partial charge in [-0.05, 0) is 45.6 Å². The normalized spacial score (nSPS) is 17.9. The topological polar surface area (TPSA) is 88.3 Å². The van der Waals surface area contributed by atoms with Crippen molar-refractivity contribution in [3.63, 3.8) is 0 Å². The Hall–Kier alpha value is -2.44. The van der Waals surface area contributed by atoms with E-state index in [0.717, 1.165) is 36.0 Å². The third kappa shape index (κ3) is 3.36. The number of hydrogen-bond donors (Lipinski definition) is 1. The Kier molecular flexibility index (Phi) is 4.74. The predicted molar refractivity (Wildman–Crippen MR) is 93.5 cm³/mol. The molecule has 1 unspecified atom stereocenters. The number of nitrogens with zero attached hydrogens (tertiary/aromatic N) is 4. The summed E-state index contributed by atoms with van der Waals surface area (Å²) in [7, 11) is 1.83. The Morgan fingerprint density at radius 2 is 2.08 bits per heavy atom. The number of carboxylic acid groups (broad SMARTS) is 1. The van der Waals surface area contributed by atoms with Crippen molar-refractivity contribution in [2.75, 3.05) is 6.54 Å². The van der Waals surface area contributed by atoms with Crippen LogP contribution in [0.4, 0.5) is 0 Å². The van der Waals surface area contributed by atoms with Crippen LogP contribution >= 0.6 is 0 Å². The Bertz CT molecular complexity index is 827. The molecule has 1 amide bonds. The lowest BCUT2D eigenvalue weighted by Gasteiger charge is -2.36. The van der Waals surface area contributed by atoms with Gasteiger partial charge in [-0.3, -0.25) is 14.3 Å². The van der Waals surface area contributed by atoms with Gasteiger partial charge < -0.3 is 10.0 Å². The van der Waals surface area contributed by atoms with Crippen molar-refractivity contribution in [1.29, 1.82) is 0 Å². The third-order valence-electron chi connectivity index (χ3n) is 4.91. The lowest BCUT2D eigenvalue weighted by Crippen LogP contribution is -2.44. The van der Waals surface area contributed by atoms with Crippen LogP contribution in [0.5, 0.6) is 0 Å². The van der Waals surface area contributed by atoms with Gasteiger partial charge in [-0.15, -0.1) is 0 Å². The fraction of sp³-hybridized carbons (Fsp3) is 0.556. The minimum Gasteiger partial charge on any atom is -0.481 e. The molecule has 0 aliphatic carbocycles. The van der Waals surface area contributed by atoms with Gasteiger partial charge in [-0.2, -0.15) is 5.10 Å². The number of hydrogen-bond acceptors (Lipinski definition) is 4. The summed E-state index contributed by atoms with van der Waals surface area (Å²) >= 11 is 0. The molecule has 2 aromatic rings. The van der Waals surface area contributed by atoms with Crippen molar-refractivity contribution in [3.8, 4) is 0 Å². The molecule has 0 radical (unpaired) electrons. The highest BCUT2D eigenvalue weighted by Gasteiger charge is 2.30. The number of rotatable bonds is 4. The summed E-state index contributed by atoms with van der Waals surface area (Å²) in [5.41, 5.74) is 2.89. The Labute approximate surface area is 146 Å². The van der Waals surface area contributed by atoms with E-state index in [4.69, 9.17) is 5.11 Å². The van der Waals surface area contributed by atoms with Crippen molar-refractivity contribution < 1.29 is 14.7 Å². The highest BCUT2D eigenvalue weighted by Crippen LogP contribution is 2.27. The van der Waals surface area contributed by atoms with Crippen LogP contribution < -0.4 is 0 Å². The van der Waals surface area contributed by atoms with E-state index in [1.165, 1.54) is 0 Å². The molecule has 7 heteroatoms. The first-order valence-electron chi connectivity index (χ1n) is 8.72. The highest BCUT2D eigenvalue weighted by atomic mass is 16.4. The van der Waals surface area contributed by atoms with Crippen molar-refractivity contribution in [1.82, 2.24) is 19.7 Å². The SMILES string of the molecule is Cc1cc(C(=O)N2CCCCC2CCC(=O)O)c2c(C)nn(C)c2n1. The fourth-order valence-corrected chi connectivity index (χ4v) is 3.75. The van der Waals surface area contributed by atoms with Crippen LogP contribution in [0.3, 0.4) is 0 Å². The third-order valence-corrected chi connectivity index (χ3v) is 4.91. The standard InChI is InChI=1S/C18H24N4O3/c1-11-10-14(16-12(2)20-21(3)17(16)19-11)18(25)22-9-5-4-6-13(22)7-8-15(23)24/h10,13H,4-9H2,1-3H3,(H,23,24). The summed E-state index contributed by atoms with van der Waals surface area (Å²) < 4.78 is 1.70. The number of fused-ring (bicyclic) bond motifs is 1. The lowest BCUT2D eigenvalue weighted by atomic mass is 9.96. The Morgan fingerprint density at radius 1 is 1.32 bits per heavy atom. The van der Waals surface area contributed by atoms with E-state index in [9.17, 15) is 9.59 Å². The molecular weight excluding hydrogens is 320 g/mol. The first kappa shape index (κ1) is 17.4. The van der Waals surface area contributed by atoms with Crippen LogP contribution in [0.1, 0.15) is 53.8 Å². The monoisotopic (exact) mass is 344 g/mol.